The van der Waals surface area contributed by atoms with Gasteiger partial charge in [-0.1, -0.05) is 30.3 Å². The molecule has 21 heavy (non-hydrogen) atoms. The first-order valence-electron chi connectivity index (χ1n) is 6.63. The highest BCUT2D eigenvalue weighted by Crippen LogP contribution is 2.40. The zero-order valence-corrected chi connectivity index (χ0v) is 12.6. The average Bonchev–Trinajstić information content (AvgIpc) is 3.15. The highest BCUT2D eigenvalue weighted by Gasteiger charge is 2.48. The third-order valence-corrected chi connectivity index (χ3v) is 3.49. The van der Waals surface area contributed by atoms with E-state index < -0.39 is 15.9 Å². The maximum atomic E-state index is 11.8. The number of ether oxygens (including phenoxy) is 2. The monoisotopic (exact) mass is 314 g/mol. The molecule has 0 spiro atoms. The van der Waals surface area contributed by atoms with E-state index in [1.54, 1.807) is 0 Å². The second kappa shape index (κ2) is 6.55. The van der Waals surface area contributed by atoms with Crippen molar-refractivity contribution in [1.29, 1.82) is 0 Å². The van der Waals surface area contributed by atoms with Crippen molar-refractivity contribution in [1.82, 2.24) is 0 Å². The SMILES string of the molecule is CS(=O)(=O)OCCOC1(OC(=O)Cc2ccccc2)CC1. The maximum Gasteiger partial charge on any atom is 0.312 e. The standard InChI is InChI=1S/C14H18O6S/c1-21(16,17)19-10-9-18-14(7-8-14)20-13(15)11-12-5-3-2-4-6-12/h2-6H,7-11H2,1H3. The van der Waals surface area contributed by atoms with Gasteiger partial charge in [-0.15, -0.1) is 0 Å². The Morgan fingerprint density at radius 2 is 1.86 bits per heavy atom. The molecule has 0 radical (unpaired) electrons. The van der Waals surface area contributed by atoms with Crippen molar-refractivity contribution < 1.29 is 26.9 Å². The van der Waals surface area contributed by atoms with Gasteiger partial charge in [-0.05, 0) is 5.56 Å². The fraction of sp³-hybridized carbons (Fsp3) is 0.500. The fourth-order valence-electron chi connectivity index (χ4n) is 1.80. The quantitative estimate of drug-likeness (QED) is 0.311. The molecule has 0 heterocycles. The number of rotatable bonds is 8. The zero-order chi connectivity index (χ0) is 15.3. The normalized spacial score (nSPS) is 16.4. The van der Waals surface area contributed by atoms with Crippen molar-refractivity contribution >= 4 is 16.1 Å². The summed E-state index contributed by atoms with van der Waals surface area (Å²) in [6, 6.07) is 9.29. The number of carbonyl (C=O) groups excluding carboxylic acids is 1. The van der Waals surface area contributed by atoms with Crippen LogP contribution in [0, 0.1) is 0 Å². The lowest BCUT2D eigenvalue weighted by molar-refractivity contribution is -0.190. The van der Waals surface area contributed by atoms with Gasteiger partial charge in [0.2, 0.25) is 5.79 Å². The molecule has 1 aliphatic rings. The lowest BCUT2D eigenvalue weighted by Crippen LogP contribution is -2.26. The molecule has 1 aliphatic carbocycles. The second-order valence-corrected chi connectivity index (χ2v) is 6.57. The third kappa shape index (κ3) is 5.82. The summed E-state index contributed by atoms with van der Waals surface area (Å²) in [6.45, 7) is -0.0253. The predicted molar refractivity (Wildman–Crippen MR) is 75.0 cm³/mol. The second-order valence-electron chi connectivity index (χ2n) is 4.92. The van der Waals surface area contributed by atoms with Crippen molar-refractivity contribution in [3.8, 4) is 0 Å². The van der Waals surface area contributed by atoms with Crippen LogP contribution in [0.4, 0.5) is 0 Å². The molecule has 1 saturated carbocycles. The van der Waals surface area contributed by atoms with E-state index in [1.807, 2.05) is 30.3 Å². The first-order valence-corrected chi connectivity index (χ1v) is 8.44. The molecule has 0 amide bonds. The van der Waals surface area contributed by atoms with E-state index in [0.717, 1.165) is 11.8 Å². The molecule has 116 valence electrons. The van der Waals surface area contributed by atoms with E-state index in [9.17, 15) is 13.2 Å². The molecular formula is C14H18O6S. The summed E-state index contributed by atoms with van der Waals surface area (Å²) in [5.41, 5.74) is 0.874. The van der Waals surface area contributed by atoms with E-state index in [4.69, 9.17) is 9.47 Å². The first-order chi connectivity index (χ1) is 9.89. The van der Waals surface area contributed by atoms with Crippen LogP contribution in [0.15, 0.2) is 30.3 Å². The molecule has 1 fully saturated rings. The highest BCUT2D eigenvalue weighted by molar-refractivity contribution is 7.85. The summed E-state index contributed by atoms with van der Waals surface area (Å²) in [7, 11) is -3.47. The third-order valence-electron chi connectivity index (χ3n) is 2.90. The molecule has 1 aromatic carbocycles. The zero-order valence-electron chi connectivity index (χ0n) is 11.8. The Bertz CT molecular complexity index is 577. The molecule has 0 bridgehead atoms. The minimum Gasteiger partial charge on any atom is -0.433 e. The fourth-order valence-corrected chi connectivity index (χ4v) is 2.17. The number of carbonyl (C=O) groups is 1. The van der Waals surface area contributed by atoms with Gasteiger partial charge < -0.3 is 9.47 Å². The van der Waals surface area contributed by atoms with Crippen LogP contribution in [0.1, 0.15) is 18.4 Å². The van der Waals surface area contributed by atoms with E-state index >= 15 is 0 Å². The van der Waals surface area contributed by atoms with E-state index in [2.05, 4.69) is 4.18 Å². The Hall–Kier alpha value is -1.44. The Balaban J connectivity index is 1.73. The van der Waals surface area contributed by atoms with Gasteiger partial charge in [0.05, 0.1) is 25.9 Å². The van der Waals surface area contributed by atoms with E-state index in [1.165, 1.54) is 0 Å². The molecule has 0 unspecified atom stereocenters. The van der Waals surface area contributed by atoms with Gasteiger partial charge in [0.25, 0.3) is 10.1 Å². The Kier molecular flexibility index (Phi) is 4.97. The smallest absolute Gasteiger partial charge is 0.312 e. The highest BCUT2D eigenvalue weighted by atomic mass is 32.2. The van der Waals surface area contributed by atoms with Crippen molar-refractivity contribution in [2.45, 2.75) is 25.0 Å². The van der Waals surface area contributed by atoms with Crippen molar-refractivity contribution in [3.63, 3.8) is 0 Å². The summed E-state index contributed by atoms with van der Waals surface area (Å²) in [6.07, 6.45) is 2.39. The number of hydrogen-bond donors (Lipinski definition) is 0. The van der Waals surface area contributed by atoms with Gasteiger partial charge in [0.15, 0.2) is 0 Å². The van der Waals surface area contributed by atoms with Crippen LogP contribution in [-0.4, -0.2) is 39.6 Å². The minimum absolute atomic E-state index is 0.0612. The molecule has 6 nitrogen and oxygen atoms in total. The van der Waals surface area contributed by atoms with Gasteiger partial charge in [0, 0.05) is 12.8 Å². The number of benzene rings is 1. The van der Waals surface area contributed by atoms with Crippen molar-refractivity contribution in [2.75, 3.05) is 19.5 Å². The predicted octanol–water partition coefficient (Wildman–Crippen LogP) is 1.26. The van der Waals surface area contributed by atoms with Crippen LogP contribution < -0.4 is 0 Å². The van der Waals surface area contributed by atoms with Crippen LogP contribution in [0.2, 0.25) is 0 Å². The van der Waals surface area contributed by atoms with Gasteiger partial charge in [-0.25, -0.2) is 0 Å². The van der Waals surface area contributed by atoms with Crippen LogP contribution in [0.25, 0.3) is 0 Å². The largest absolute Gasteiger partial charge is 0.433 e. The molecule has 1 aromatic rings. The summed E-state index contributed by atoms with van der Waals surface area (Å²) < 4.78 is 36.9. The molecule has 7 heteroatoms. The van der Waals surface area contributed by atoms with Crippen molar-refractivity contribution in [3.05, 3.63) is 35.9 Å². The molecule has 0 N–H and O–H groups in total. The number of hydrogen-bond acceptors (Lipinski definition) is 6. The Labute approximate surface area is 124 Å². The Morgan fingerprint density at radius 1 is 1.19 bits per heavy atom. The summed E-state index contributed by atoms with van der Waals surface area (Å²) in [4.78, 5) is 11.8. The lowest BCUT2D eigenvalue weighted by Gasteiger charge is -2.17. The van der Waals surface area contributed by atoms with Gasteiger partial charge in [-0.2, -0.15) is 8.42 Å². The minimum atomic E-state index is -3.47. The lowest BCUT2D eigenvalue weighted by atomic mass is 10.2. The molecular weight excluding hydrogens is 296 g/mol. The van der Waals surface area contributed by atoms with Gasteiger partial charge in [0.1, 0.15) is 0 Å². The maximum absolute atomic E-state index is 11.8. The molecule has 0 atom stereocenters. The van der Waals surface area contributed by atoms with Gasteiger partial charge >= 0.3 is 5.97 Å². The van der Waals surface area contributed by atoms with Crippen molar-refractivity contribution in [2.24, 2.45) is 0 Å². The first kappa shape index (κ1) is 15.9. The Morgan fingerprint density at radius 3 is 2.43 bits per heavy atom. The number of esters is 1. The van der Waals surface area contributed by atoms with E-state index in [-0.39, 0.29) is 25.6 Å². The topological polar surface area (TPSA) is 78.9 Å². The summed E-state index contributed by atoms with van der Waals surface area (Å²) in [5.74, 6) is -1.25. The molecule has 2 rings (SSSR count). The van der Waals surface area contributed by atoms with E-state index in [0.29, 0.717) is 12.8 Å². The molecule has 0 aliphatic heterocycles. The van der Waals surface area contributed by atoms with Crippen LogP contribution >= 0.6 is 0 Å². The summed E-state index contributed by atoms with van der Waals surface area (Å²) >= 11 is 0. The van der Waals surface area contributed by atoms with Crippen LogP contribution in [0.5, 0.6) is 0 Å². The van der Waals surface area contributed by atoms with Crippen LogP contribution in [0.3, 0.4) is 0 Å². The van der Waals surface area contributed by atoms with Gasteiger partial charge in [-0.3, -0.25) is 8.98 Å². The average molecular weight is 314 g/mol. The summed E-state index contributed by atoms with van der Waals surface area (Å²) in [5, 5.41) is 0. The molecule has 0 saturated heterocycles. The van der Waals surface area contributed by atoms with Crippen LogP contribution in [-0.2, 0) is 35.0 Å². The molecule has 0 aromatic heterocycles.